The van der Waals surface area contributed by atoms with Gasteiger partial charge in [0, 0.05) is 5.56 Å². The van der Waals surface area contributed by atoms with Crippen LogP contribution in [-0.2, 0) is 6.18 Å². The lowest BCUT2D eigenvalue weighted by Gasteiger charge is -2.19. The summed E-state index contributed by atoms with van der Waals surface area (Å²) in [4.78, 5) is 0. The molecule has 2 aromatic carbocycles. The molecule has 10 heteroatoms. The molecule has 0 aliphatic carbocycles. The average Bonchev–Trinajstić information content (AvgIpc) is 2.44. The summed E-state index contributed by atoms with van der Waals surface area (Å²) in [5.41, 5.74) is 3.66. The van der Waals surface area contributed by atoms with Crippen molar-refractivity contribution < 1.29 is 35.5 Å². The van der Waals surface area contributed by atoms with Gasteiger partial charge in [0.1, 0.15) is 11.6 Å². The first-order chi connectivity index (χ1) is 11.0. The van der Waals surface area contributed by atoms with Gasteiger partial charge in [-0.05, 0) is 29.8 Å². The van der Waals surface area contributed by atoms with Crippen LogP contribution in [0.25, 0.3) is 0 Å². The zero-order valence-corrected chi connectivity index (χ0v) is 13.0. The molecule has 0 aromatic heterocycles. The van der Waals surface area contributed by atoms with Crippen LogP contribution in [0.15, 0.2) is 42.5 Å². The van der Waals surface area contributed by atoms with Crippen LogP contribution < -0.4 is 10.5 Å². The van der Waals surface area contributed by atoms with Crippen LogP contribution in [0.1, 0.15) is 22.7 Å². The molecule has 2 nitrogen and oxygen atoms in total. The first-order valence-electron chi connectivity index (χ1n) is 6.46. The second kappa shape index (κ2) is 7.49. The summed E-state index contributed by atoms with van der Waals surface area (Å²) in [5, 5.41) is 0. The van der Waals surface area contributed by atoms with E-state index < -0.39 is 41.3 Å². The minimum absolute atomic E-state index is 0. The van der Waals surface area contributed by atoms with Crippen LogP contribution in [0.5, 0.6) is 5.75 Å². The molecule has 0 heterocycles. The lowest BCUT2D eigenvalue weighted by atomic mass is 9.94. The van der Waals surface area contributed by atoms with E-state index in [-0.39, 0.29) is 18.0 Å². The molecule has 2 N–H and O–H groups in total. The third-order valence-corrected chi connectivity index (χ3v) is 3.14. The number of halogens is 8. The molecule has 138 valence electrons. The van der Waals surface area contributed by atoms with E-state index >= 15 is 0 Å². The fourth-order valence-corrected chi connectivity index (χ4v) is 2.14. The molecule has 0 amide bonds. The highest BCUT2D eigenvalue weighted by Gasteiger charge is 2.36. The van der Waals surface area contributed by atoms with E-state index in [4.69, 9.17) is 5.73 Å². The second-order valence-corrected chi connectivity index (χ2v) is 4.79. The average molecular weight is 390 g/mol. The SMILES string of the molecule is Cl.N[C@@H](c1ccc(OC(F)(F)F)cc1)c1c(F)cccc1C(F)(F)F. The molecule has 2 aromatic rings. The predicted molar refractivity (Wildman–Crippen MR) is 77.8 cm³/mol. The number of ether oxygens (including phenoxy) is 1. The Balaban J connectivity index is 0.00000312. The van der Waals surface area contributed by atoms with Crippen LogP contribution >= 0.6 is 12.4 Å². The molecule has 0 fully saturated rings. The van der Waals surface area contributed by atoms with Crippen LogP contribution in [0, 0.1) is 5.82 Å². The Labute approximate surface area is 143 Å². The number of hydrogen-bond donors (Lipinski definition) is 1. The Morgan fingerprint density at radius 3 is 1.92 bits per heavy atom. The molecule has 0 saturated carbocycles. The van der Waals surface area contributed by atoms with Crippen LogP contribution in [0.3, 0.4) is 0 Å². The van der Waals surface area contributed by atoms with E-state index in [1.54, 1.807) is 0 Å². The Hall–Kier alpha value is -2.00. The van der Waals surface area contributed by atoms with Gasteiger partial charge in [-0.2, -0.15) is 13.2 Å². The maximum atomic E-state index is 13.9. The van der Waals surface area contributed by atoms with Crippen molar-refractivity contribution in [3.05, 3.63) is 65.0 Å². The Morgan fingerprint density at radius 2 is 1.44 bits per heavy atom. The van der Waals surface area contributed by atoms with E-state index in [0.717, 1.165) is 36.4 Å². The van der Waals surface area contributed by atoms with Crippen molar-refractivity contribution >= 4 is 12.4 Å². The summed E-state index contributed by atoms with van der Waals surface area (Å²) in [7, 11) is 0. The van der Waals surface area contributed by atoms with Crippen LogP contribution in [-0.4, -0.2) is 6.36 Å². The van der Waals surface area contributed by atoms with Crippen molar-refractivity contribution in [2.24, 2.45) is 5.73 Å². The predicted octanol–water partition coefficient (Wildman–Crippen LogP) is 5.21. The van der Waals surface area contributed by atoms with E-state index in [0.29, 0.717) is 6.07 Å². The van der Waals surface area contributed by atoms with Gasteiger partial charge in [-0.25, -0.2) is 4.39 Å². The molecule has 2 rings (SSSR count). The monoisotopic (exact) mass is 389 g/mol. The Bertz CT molecular complexity index is 713. The van der Waals surface area contributed by atoms with Gasteiger partial charge in [-0.1, -0.05) is 18.2 Å². The van der Waals surface area contributed by atoms with E-state index in [1.165, 1.54) is 0 Å². The quantitative estimate of drug-likeness (QED) is 0.731. The van der Waals surface area contributed by atoms with Gasteiger partial charge in [0.2, 0.25) is 0 Å². The second-order valence-electron chi connectivity index (χ2n) is 4.79. The first-order valence-corrected chi connectivity index (χ1v) is 6.46. The van der Waals surface area contributed by atoms with Crippen molar-refractivity contribution in [1.29, 1.82) is 0 Å². The van der Waals surface area contributed by atoms with Crippen molar-refractivity contribution in [3.63, 3.8) is 0 Å². The molecule has 0 aliphatic heterocycles. The smallest absolute Gasteiger partial charge is 0.406 e. The molecule has 25 heavy (non-hydrogen) atoms. The van der Waals surface area contributed by atoms with Crippen molar-refractivity contribution in [1.82, 2.24) is 0 Å². The zero-order valence-electron chi connectivity index (χ0n) is 12.2. The van der Waals surface area contributed by atoms with Crippen LogP contribution in [0.4, 0.5) is 30.7 Å². The fourth-order valence-electron chi connectivity index (χ4n) is 2.14. The highest BCUT2D eigenvalue weighted by Crippen LogP contribution is 2.37. The Kier molecular flexibility index (Phi) is 6.30. The molecule has 0 spiro atoms. The maximum Gasteiger partial charge on any atom is 0.573 e. The molecule has 0 unspecified atom stereocenters. The zero-order chi connectivity index (χ0) is 18.1. The molecule has 0 saturated heterocycles. The summed E-state index contributed by atoms with van der Waals surface area (Å²) in [6.07, 6.45) is -9.73. The standard InChI is InChI=1S/C15H10F7NO.ClH/c16-11-3-1-2-10(14(17,18)19)12(11)13(23)8-4-6-9(7-5-8)24-15(20,21)22;/h1-7,13H,23H2;1H/t13-;/m0./s1. The van der Waals surface area contributed by atoms with Gasteiger partial charge < -0.3 is 10.5 Å². The number of rotatable bonds is 3. The molecule has 0 aliphatic rings. The normalized spacial score (nSPS) is 13.1. The summed E-state index contributed by atoms with van der Waals surface area (Å²) in [5.74, 6) is -1.73. The molecule has 1 atom stereocenters. The van der Waals surface area contributed by atoms with Gasteiger partial charge >= 0.3 is 12.5 Å². The van der Waals surface area contributed by atoms with Crippen molar-refractivity contribution in [2.75, 3.05) is 0 Å². The maximum absolute atomic E-state index is 13.9. The highest BCUT2D eigenvalue weighted by atomic mass is 35.5. The summed E-state index contributed by atoms with van der Waals surface area (Å²) in [6, 6.07) is 4.74. The van der Waals surface area contributed by atoms with Gasteiger partial charge in [-0.3, -0.25) is 0 Å². The molecule has 0 bridgehead atoms. The van der Waals surface area contributed by atoms with Crippen LogP contribution in [0.2, 0.25) is 0 Å². The highest BCUT2D eigenvalue weighted by molar-refractivity contribution is 5.85. The number of benzene rings is 2. The van der Waals surface area contributed by atoms with Gasteiger partial charge in [0.25, 0.3) is 0 Å². The Morgan fingerprint density at radius 1 is 0.880 bits per heavy atom. The number of hydrogen-bond acceptors (Lipinski definition) is 2. The minimum Gasteiger partial charge on any atom is -0.406 e. The third-order valence-electron chi connectivity index (χ3n) is 3.14. The number of nitrogens with two attached hydrogens (primary N) is 1. The van der Waals surface area contributed by atoms with Gasteiger partial charge in [-0.15, -0.1) is 25.6 Å². The topological polar surface area (TPSA) is 35.2 Å². The lowest BCUT2D eigenvalue weighted by Crippen LogP contribution is -2.20. The first kappa shape index (κ1) is 21.0. The van der Waals surface area contributed by atoms with Gasteiger partial charge in [0.05, 0.1) is 11.6 Å². The number of alkyl halides is 6. The molecular formula is C15H11ClF7NO. The van der Waals surface area contributed by atoms with Crippen molar-refractivity contribution in [3.8, 4) is 5.75 Å². The van der Waals surface area contributed by atoms with Crippen molar-refractivity contribution in [2.45, 2.75) is 18.6 Å². The fraction of sp³-hybridized carbons (Fsp3) is 0.200. The molecule has 0 radical (unpaired) electrons. The summed E-state index contributed by atoms with van der Waals surface area (Å²) >= 11 is 0. The minimum atomic E-state index is -4.90. The lowest BCUT2D eigenvalue weighted by molar-refractivity contribution is -0.274. The largest absolute Gasteiger partial charge is 0.573 e. The summed E-state index contributed by atoms with van der Waals surface area (Å²) in [6.45, 7) is 0. The third kappa shape index (κ3) is 5.23. The van der Waals surface area contributed by atoms with E-state index in [9.17, 15) is 30.7 Å². The summed E-state index contributed by atoms with van der Waals surface area (Å²) < 4.78 is 92.7. The van der Waals surface area contributed by atoms with Gasteiger partial charge in [0.15, 0.2) is 0 Å². The van der Waals surface area contributed by atoms with E-state index in [1.807, 2.05) is 0 Å². The molecular weight excluding hydrogens is 379 g/mol. The van der Waals surface area contributed by atoms with E-state index in [2.05, 4.69) is 4.74 Å².